The zero-order valence-electron chi connectivity index (χ0n) is 14.4. The molecule has 2 rings (SSSR count). The summed E-state index contributed by atoms with van der Waals surface area (Å²) in [4.78, 5) is 0. The van der Waals surface area contributed by atoms with Crippen molar-refractivity contribution < 1.29 is 5.11 Å². The van der Waals surface area contributed by atoms with Crippen molar-refractivity contribution in [3.8, 4) is 6.07 Å². The van der Waals surface area contributed by atoms with E-state index < -0.39 is 0 Å². The van der Waals surface area contributed by atoms with Crippen LogP contribution in [0.3, 0.4) is 0 Å². The van der Waals surface area contributed by atoms with Gasteiger partial charge in [0.2, 0.25) is 0 Å². The first-order chi connectivity index (χ1) is 10.8. The Kier molecular flexibility index (Phi) is 4.60. The van der Waals surface area contributed by atoms with Gasteiger partial charge in [0.1, 0.15) is 17.3 Å². The van der Waals surface area contributed by atoms with Crippen molar-refractivity contribution in [2.24, 2.45) is 0 Å². The van der Waals surface area contributed by atoms with E-state index in [0.29, 0.717) is 17.8 Å². The quantitative estimate of drug-likeness (QED) is 0.672. The molecule has 120 valence electrons. The van der Waals surface area contributed by atoms with Gasteiger partial charge in [-0.15, -0.1) is 0 Å². The minimum atomic E-state index is -0.0292. The van der Waals surface area contributed by atoms with Crippen LogP contribution in [0.1, 0.15) is 50.2 Å². The van der Waals surface area contributed by atoms with Gasteiger partial charge < -0.3 is 5.11 Å². The maximum absolute atomic E-state index is 10.6. The van der Waals surface area contributed by atoms with Crippen molar-refractivity contribution in [1.82, 2.24) is 9.78 Å². The normalized spacial score (nSPS) is 12.7. The van der Waals surface area contributed by atoms with Gasteiger partial charge in [-0.2, -0.15) is 10.4 Å². The summed E-state index contributed by atoms with van der Waals surface area (Å²) in [6, 6.07) is 11.7. The highest BCUT2D eigenvalue weighted by atomic mass is 16.3. The molecule has 1 aromatic heterocycles. The minimum absolute atomic E-state index is 0.0292. The van der Waals surface area contributed by atoms with Crippen LogP contribution in [-0.2, 0) is 12.0 Å². The fourth-order valence-corrected chi connectivity index (χ4v) is 2.50. The lowest BCUT2D eigenvalue weighted by Crippen LogP contribution is -2.10. The zero-order valence-corrected chi connectivity index (χ0v) is 14.4. The van der Waals surface area contributed by atoms with Crippen molar-refractivity contribution in [2.45, 2.75) is 46.6 Å². The predicted molar refractivity (Wildman–Crippen MR) is 92.8 cm³/mol. The lowest BCUT2D eigenvalue weighted by molar-refractivity contribution is 0.497. The Morgan fingerprint density at radius 2 is 1.87 bits per heavy atom. The van der Waals surface area contributed by atoms with Gasteiger partial charge >= 0.3 is 0 Å². The van der Waals surface area contributed by atoms with E-state index in [9.17, 15) is 10.4 Å². The first-order valence-corrected chi connectivity index (χ1v) is 7.77. The number of rotatable bonds is 3. The molecule has 1 heterocycles. The average Bonchev–Trinajstić information content (AvgIpc) is 2.88. The van der Waals surface area contributed by atoms with Gasteiger partial charge in [0.15, 0.2) is 5.76 Å². The van der Waals surface area contributed by atoms with E-state index in [0.717, 1.165) is 5.69 Å². The third kappa shape index (κ3) is 3.45. The predicted octanol–water partition coefficient (Wildman–Crippen LogP) is 4.46. The third-order valence-corrected chi connectivity index (χ3v) is 3.83. The Labute approximate surface area is 137 Å². The number of aliphatic hydroxyl groups is 1. The molecule has 1 N–H and O–H groups in total. The number of aromatic nitrogens is 2. The van der Waals surface area contributed by atoms with Gasteiger partial charge in [0.05, 0.1) is 5.69 Å². The molecular formula is C19H23N3O. The van der Waals surface area contributed by atoms with Crippen LogP contribution in [-0.4, -0.2) is 14.9 Å². The Morgan fingerprint density at radius 3 is 2.35 bits per heavy atom. The summed E-state index contributed by atoms with van der Waals surface area (Å²) in [7, 11) is 0. The summed E-state index contributed by atoms with van der Waals surface area (Å²) in [6.45, 7) is 10.9. The molecule has 0 aliphatic carbocycles. The van der Waals surface area contributed by atoms with Crippen LogP contribution >= 0.6 is 0 Å². The molecule has 0 atom stereocenters. The van der Waals surface area contributed by atoms with Crippen LogP contribution in [0, 0.1) is 18.3 Å². The van der Waals surface area contributed by atoms with Crippen LogP contribution in [0.2, 0.25) is 0 Å². The number of aryl methyl sites for hydroxylation is 2. The van der Waals surface area contributed by atoms with Crippen molar-refractivity contribution in [2.75, 3.05) is 0 Å². The Morgan fingerprint density at radius 1 is 1.26 bits per heavy atom. The SMILES string of the molecule is CCn1nc(C)cc1/C(O)=C(\C#N)c1ccc(C(C)(C)C)cc1. The number of nitrogens with zero attached hydrogens (tertiary/aromatic N) is 3. The fraction of sp³-hybridized carbons (Fsp3) is 0.368. The molecule has 0 aliphatic rings. The largest absolute Gasteiger partial charge is 0.504 e. The lowest BCUT2D eigenvalue weighted by atomic mass is 9.86. The summed E-state index contributed by atoms with van der Waals surface area (Å²) < 4.78 is 1.70. The summed E-state index contributed by atoms with van der Waals surface area (Å²) in [6.07, 6.45) is 0. The van der Waals surface area contributed by atoms with Crippen LogP contribution < -0.4 is 0 Å². The van der Waals surface area contributed by atoms with Gasteiger partial charge in [0, 0.05) is 6.54 Å². The minimum Gasteiger partial charge on any atom is -0.504 e. The average molecular weight is 309 g/mol. The maximum atomic E-state index is 10.6. The molecule has 0 saturated carbocycles. The molecule has 0 radical (unpaired) electrons. The Hall–Kier alpha value is -2.54. The highest BCUT2D eigenvalue weighted by Gasteiger charge is 2.17. The van der Waals surface area contributed by atoms with E-state index in [1.807, 2.05) is 38.1 Å². The molecule has 0 unspecified atom stereocenters. The number of allylic oxidation sites excluding steroid dienone is 1. The second kappa shape index (κ2) is 6.29. The third-order valence-electron chi connectivity index (χ3n) is 3.83. The van der Waals surface area contributed by atoms with Crippen molar-refractivity contribution >= 4 is 11.3 Å². The molecule has 0 amide bonds. The van der Waals surface area contributed by atoms with Gasteiger partial charge in [-0.05, 0) is 36.5 Å². The molecule has 4 nitrogen and oxygen atoms in total. The van der Waals surface area contributed by atoms with E-state index in [1.165, 1.54) is 5.56 Å². The maximum Gasteiger partial charge on any atom is 0.159 e. The van der Waals surface area contributed by atoms with E-state index in [2.05, 4.69) is 31.9 Å². The molecule has 23 heavy (non-hydrogen) atoms. The number of benzene rings is 1. The highest BCUT2D eigenvalue weighted by molar-refractivity contribution is 5.93. The molecule has 0 aliphatic heterocycles. The van der Waals surface area contributed by atoms with Crippen molar-refractivity contribution in [3.63, 3.8) is 0 Å². The van der Waals surface area contributed by atoms with Crippen LogP contribution in [0.4, 0.5) is 0 Å². The van der Waals surface area contributed by atoms with E-state index in [1.54, 1.807) is 10.7 Å². The van der Waals surface area contributed by atoms with Gasteiger partial charge in [-0.1, -0.05) is 45.0 Å². The van der Waals surface area contributed by atoms with Gasteiger partial charge in [0.25, 0.3) is 0 Å². The zero-order chi connectivity index (χ0) is 17.2. The first-order valence-electron chi connectivity index (χ1n) is 7.77. The molecule has 0 spiro atoms. The number of aliphatic hydroxyl groups excluding tert-OH is 1. The number of nitriles is 1. The molecule has 1 aromatic carbocycles. The molecular weight excluding hydrogens is 286 g/mol. The standard InChI is InChI=1S/C19H23N3O/c1-6-22-17(11-13(2)21-22)18(23)16(12-20)14-7-9-15(10-8-14)19(3,4)5/h7-11,23H,6H2,1-5H3/b18-16-. The Balaban J connectivity index is 2.52. The summed E-state index contributed by atoms with van der Waals surface area (Å²) in [5.74, 6) is -0.0292. The van der Waals surface area contributed by atoms with Crippen LogP contribution in [0.15, 0.2) is 30.3 Å². The Bertz CT molecular complexity index is 768. The van der Waals surface area contributed by atoms with E-state index in [-0.39, 0.29) is 16.7 Å². The van der Waals surface area contributed by atoms with Crippen LogP contribution in [0.5, 0.6) is 0 Å². The molecule has 4 heteroatoms. The van der Waals surface area contributed by atoms with Crippen molar-refractivity contribution in [1.29, 1.82) is 5.26 Å². The molecule has 2 aromatic rings. The van der Waals surface area contributed by atoms with Gasteiger partial charge in [-0.25, -0.2) is 0 Å². The second-order valence-corrected chi connectivity index (χ2v) is 6.65. The molecule has 0 bridgehead atoms. The molecule has 0 saturated heterocycles. The first kappa shape index (κ1) is 16.8. The fourth-order valence-electron chi connectivity index (χ4n) is 2.50. The van der Waals surface area contributed by atoms with Crippen molar-refractivity contribution in [3.05, 3.63) is 52.8 Å². The van der Waals surface area contributed by atoms with E-state index >= 15 is 0 Å². The van der Waals surface area contributed by atoms with Crippen LogP contribution in [0.25, 0.3) is 11.3 Å². The van der Waals surface area contributed by atoms with E-state index in [4.69, 9.17) is 0 Å². The summed E-state index contributed by atoms with van der Waals surface area (Å²) >= 11 is 0. The summed E-state index contributed by atoms with van der Waals surface area (Å²) in [5.41, 5.74) is 3.59. The van der Waals surface area contributed by atoms with Gasteiger partial charge in [-0.3, -0.25) is 4.68 Å². The second-order valence-electron chi connectivity index (χ2n) is 6.65. The monoisotopic (exact) mass is 309 g/mol. The smallest absolute Gasteiger partial charge is 0.159 e. The highest BCUT2D eigenvalue weighted by Crippen LogP contribution is 2.27. The summed E-state index contributed by atoms with van der Waals surface area (Å²) in [5, 5.41) is 24.4. The lowest BCUT2D eigenvalue weighted by Gasteiger charge is -2.19. The molecule has 0 fully saturated rings. The number of hydrogen-bond donors (Lipinski definition) is 1. The number of hydrogen-bond acceptors (Lipinski definition) is 3. The topological polar surface area (TPSA) is 61.8 Å².